The maximum absolute atomic E-state index is 12.9. The Labute approximate surface area is 137 Å². The van der Waals surface area contributed by atoms with Gasteiger partial charge in [0.1, 0.15) is 5.75 Å². The summed E-state index contributed by atoms with van der Waals surface area (Å²) in [5.74, 6) is 2.06. The van der Waals surface area contributed by atoms with Crippen LogP contribution in [0.2, 0.25) is 0 Å². The molecule has 3 rings (SSSR count). The fourth-order valence-electron chi connectivity index (χ4n) is 3.81. The highest BCUT2D eigenvalue weighted by atomic mass is 16.5. The third kappa shape index (κ3) is 3.58. The molecule has 1 saturated carbocycles. The topological polar surface area (TPSA) is 49.8 Å². The van der Waals surface area contributed by atoms with Gasteiger partial charge in [-0.15, -0.1) is 0 Å². The van der Waals surface area contributed by atoms with Gasteiger partial charge in [0, 0.05) is 19.0 Å². The molecule has 2 bridgehead atoms. The number of aliphatic hydroxyl groups is 1. The lowest BCUT2D eigenvalue weighted by Gasteiger charge is -2.28. The molecule has 4 nitrogen and oxygen atoms in total. The summed E-state index contributed by atoms with van der Waals surface area (Å²) >= 11 is 0. The predicted molar refractivity (Wildman–Crippen MR) is 89.0 cm³/mol. The molecule has 4 heteroatoms. The maximum Gasteiger partial charge on any atom is 0.226 e. The van der Waals surface area contributed by atoms with Crippen LogP contribution in [0.4, 0.5) is 0 Å². The van der Waals surface area contributed by atoms with Crippen molar-refractivity contribution in [2.24, 2.45) is 17.8 Å². The number of amides is 1. The SMILES string of the molecule is CCOc1cccc(CN(CCO)C(=O)[C@@H]2C[C@@H]3C=C[C@H]2C3)c1. The van der Waals surface area contributed by atoms with Gasteiger partial charge >= 0.3 is 0 Å². The Morgan fingerprint density at radius 2 is 2.22 bits per heavy atom. The molecule has 3 atom stereocenters. The Morgan fingerprint density at radius 3 is 2.87 bits per heavy atom. The first-order chi connectivity index (χ1) is 11.2. The Balaban J connectivity index is 1.70. The van der Waals surface area contributed by atoms with Gasteiger partial charge in [0.25, 0.3) is 0 Å². The van der Waals surface area contributed by atoms with E-state index < -0.39 is 0 Å². The number of carbonyl (C=O) groups is 1. The number of rotatable bonds is 7. The van der Waals surface area contributed by atoms with Crippen molar-refractivity contribution >= 4 is 5.91 Å². The molecular formula is C19H25NO3. The van der Waals surface area contributed by atoms with Crippen LogP contribution in [0.25, 0.3) is 0 Å². The summed E-state index contributed by atoms with van der Waals surface area (Å²) < 4.78 is 5.53. The average Bonchev–Trinajstić information content (AvgIpc) is 3.17. The van der Waals surface area contributed by atoms with Gasteiger partial charge in [-0.05, 0) is 49.3 Å². The van der Waals surface area contributed by atoms with Gasteiger partial charge in [-0.2, -0.15) is 0 Å². The average molecular weight is 315 g/mol. The van der Waals surface area contributed by atoms with Crippen LogP contribution in [-0.2, 0) is 11.3 Å². The van der Waals surface area contributed by atoms with Crippen molar-refractivity contribution in [3.63, 3.8) is 0 Å². The molecular weight excluding hydrogens is 290 g/mol. The number of aliphatic hydroxyl groups excluding tert-OH is 1. The number of nitrogens with zero attached hydrogens (tertiary/aromatic N) is 1. The third-order valence-corrected chi connectivity index (χ3v) is 4.86. The first-order valence-electron chi connectivity index (χ1n) is 8.51. The number of fused-ring (bicyclic) bond motifs is 2. The van der Waals surface area contributed by atoms with Crippen LogP contribution in [0.1, 0.15) is 25.3 Å². The van der Waals surface area contributed by atoms with Crippen LogP contribution in [-0.4, -0.2) is 35.7 Å². The second-order valence-electron chi connectivity index (χ2n) is 6.45. The minimum atomic E-state index is -0.00640. The molecule has 1 aromatic carbocycles. The summed E-state index contributed by atoms with van der Waals surface area (Å²) in [5.41, 5.74) is 1.04. The first-order valence-corrected chi connectivity index (χ1v) is 8.51. The second-order valence-corrected chi connectivity index (χ2v) is 6.45. The zero-order valence-electron chi connectivity index (χ0n) is 13.6. The Kier molecular flexibility index (Phi) is 5.01. The van der Waals surface area contributed by atoms with Crippen LogP contribution in [0.5, 0.6) is 5.75 Å². The quantitative estimate of drug-likeness (QED) is 0.787. The fourth-order valence-corrected chi connectivity index (χ4v) is 3.81. The Hall–Kier alpha value is -1.81. The molecule has 0 saturated heterocycles. The van der Waals surface area contributed by atoms with E-state index in [4.69, 9.17) is 4.74 Å². The normalized spacial score (nSPS) is 24.9. The van der Waals surface area contributed by atoms with Gasteiger partial charge in [0.2, 0.25) is 5.91 Å². The predicted octanol–water partition coefficient (Wildman–Crippen LogP) is 2.62. The van der Waals surface area contributed by atoms with Crippen molar-refractivity contribution in [3.05, 3.63) is 42.0 Å². The molecule has 0 heterocycles. The van der Waals surface area contributed by atoms with E-state index >= 15 is 0 Å². The molecule has 0 radical (unpaired) electrons. The van der Waals surface area contributed by atoms with Gasteiger partial charge in [0.05, 0.1) is 13.2 Å². The molecule has 23 heavy (non-hydrogen) atoms. The summed E-state index contributed by atoms with van der Waals surface area (Å²) in [7, 11) is 0. The summed E-state index contributed by atoms with van der Waals surface area (Å²) in [6.45, 7) is 3.48. The minimum absolute atomic E-state index is 0.00640. The molecule has 1 amide bonds. The van der Waals surface area contributed by atoms with Gasteiger partial charge < -0.3 is 14.7 Å². The third-order valence-electron chi connectivity index (χ3n) is 4.86. The van der Waals surface area contributed by atoms with E-state index in [1.165, 1.54) is 0 Å². The highest BCUT2D eigenvalue weighted by molar-refractivity contribution is 5.80. The molecule has 124 valence electrons. The maximum atomic E-state index is 12.9. The van der Waals surface area contributed by atoms with Crippen LogP contribution in [0.15, 0.2) is 36.4 Å². The molecule has 0 aliphatic heterocycles. The van der Waals surface area contributed by atoms with Gasteiger partial charge in [-0.3, -0.25) is 4.79 Å². The molecule has 0 aromatic heterocycles. The number of allylic oxidation sites excluding steroid dienone is 2. The lowest BCUT2D eigenvalue weighted by molar-refractivity contribution is -0.137. The van der Waals surface area contributed by atoms with Crippen molar-refractivity contribution in [3.8, 4) is 5.75 Å². The molecule has 0 spiro atoms. The van der Waals surface area contributed by atoms with E-state index in [1.54, 1.807) is 4.90 Å². The Morgan fingerprint density at radius 1 is 1.35 bits per heavy atom. The summed E-state index contributed by atoms with van der Waals surface area (Å²) in [6, 6.07) is 7.84. The van der Waals surface area contributed by atoms with E-state index in [0.29, 0.717) is 31.5 Å². The lowest BCUT2D eigenvalue weighted by Crippen LogP contribution is -2.39. The largest absolute Gasteiger partial charge is 0.494 e. The van der Waals surface area contributed by atoms with Crippen LogP contribution < -0.4 is 4.74 Å². The van der Waals surface area contributed by atoms with E-state index in [-0.39, 0.29) is 18.4 Å². The van der Waals surface area contributed by atoms with Crippen LogP contribution >= 0.6 is 0 Å². The molecule has 1 N–H and O–H groups in total. The summed E-state index contributed by atoms with van der Waals surface area (Å²) in [5, 5.41) is 9.34. The van der Waals surface area contributed by atoms with E-state index in [9.17, 15) is 9.90 Å². The van der Waals surface area contributed by atoms with E-state index in [0.717, 1.165) is 24.2 Å². The van der Waals surface area contributed by atoms with Crippen molar-refractivity contribution in [1.29, 1.82) is 0 Å². The monoisotopic (exact) mass is 315 g/mol. The standard InChI is InChI=1S/C19H25NO3/c1-2-23-17-5-3-4-15(11-17)13-20(8-9-21)19(22)18-12-14-6-7-16(18)10-14/h3-7,11,14,16,18,21H,2,8-10,12-13H2,1H3/t14-,16+,18-/m1/s1. The minimum Gasteiger partial charge on any atom is -0.494 e. The highest BCUT2D eigenvalue weighted by Gasteiger charge is 2.41. The van der Waals surface area contributed by atoms with E-state index in [1.807, 2.05) is 31.2 Å². The van der Waals surface area contributed by atoms with E-state index in [2.05, 4.69) is 12.2 Å². The van der Waals surface area contributed by atoms with Crippen LogP contribution in [0, 0.1) is 17.8 Å². The van der Waals surface area contributed by atoms with Crippen molar-refractivity contribution < 1.29 is 14.6 Å². The molecule has 2 aliphatic rings. The zero-order chi connectivity index (χ0) is 16.2. The molecule has 2 aliphatic carbocycles. The van der Waals surface area contributed by atoms with Crippen molar-refractivity contribution in [2.75, 3.05) is 19.8 Å². The van der Waals surface area contributed by atoms with Gasteiger partial charge in [-0.25, -0.2) is 0 Å². The molecule has 1 fully saturated rings. The van der Waals surface area contributed by atoms with Crippen molar-refractivity contribution in [1.82, 2.24) is 4.90 Å². The number of benzene rings is 1. The van der Waals surface area contributed by atoms with Crippen LogP contribution in [0.3, 0.4) is 0 Å². The zero-order valence-corrected chi connectivity index (χ0v) is 13.6. The van der Waals surface area contributed by atoms with Crippen molar-refractivity contribution in [2.45, 2.75) is 26.3 Å². The number of carbonyl (C=O) groups excluding carboxylic acids is 1. The summed E-state index contributed by atoms with van der Waals surface area (Å²) in [6.07, 6.45) is 6.52. The molecule has 0 unspecified atom stereocenters. The number of hydrogen-bond donors (Lipinski definition) is 1. The second kappa shape index (κ2) is 7.18. The Bertz CT molecular complexity index is 584. The fraction of sp³-hybridized carbons (Fsp3) is 0.526. The summed E-state index contributed by atoms with van der Waals surface area (Å²) in [4.78, 5) is 14.7. The smallest absolute Gasteiger partial charge is 0.226 e. The number of hydrogen-bond acceptors (Lipinski definition) is 3. The van der Waals surface area contributed by atoms with Gasteiger partial charge in [-0.1, -0.05) is 24.3 Å². The molecule has 1 aromatic rings. The first kappa shape index (κ1) is 16.1. The number of ether oxygens (including phenoxy) is 1. The van der Waals surface area contributed by atoms with Gasteiger partial charge in [0.15, 0.2) is 0 Å². The highest BCUT2D eigenvalue weighted by Crippen LogP contribution is 2.44. The lowest BCUT2D eigenvalue weighted by atomic mass is 9.92.